The molecule has 90 valence electrons. The largest absolute Gasteiger partial charge is 0.409 e. The van der Waals surface area contributed by atoms with Crippen LogP contribution in [0.3, 0.4) is 0 Å². The molecule has 0 radical (unpaired) electrons. The Morgan fingerprint density at radius 2 is 2.00 bits per heavy atom. The highest BCUT2D eigenvalue weighted by Gasteiger charge is 2.10. The molecule has 3 nitrogen and oxygen atoms in total. The third kappa shape index (κ3) is 2.21. The number of halogens is 2. The molecule has 0 fully saturated rings. The topological polar surface area (TPSA) is 35.3 Å². The number of para-hydroxylation sites is 2. The van der Waals surface area contributed by atoms with Gasteiger partial charge in [-0.1, -0.05) is 39.7 Å². The predicted octanol–water partition coefficient (Wildman–Crippen LogP) is 5.04. The Labute approximate surface area is 116 Å². The molecule has 0 aliphatic carbocycles. The first-order valence-electron chi connectivity index (χ1n) is 5.21. The monoisotopic (exact) mass is 323 g/mol. The van der Waals surface area contributed by atoms with Gasteiger partial charge in [0.2, 0.25) is 0 Å². The molecule has 18 heavy (non-hydrogen) atoms. The van der Waals surface area contributed by atoms with Crippen LogP contribution in [0.15, 0.2) is 51.4 Å². The summed E-state index contributed by atoms with van der Waals surface area (Å²) in [6.07, 6.45) is 0.177. The van der Waals surface area contributed by atoms with E-state index >= 15 is 0 Å². The molecule has 3 aromatic rings. The van der Waals surface area contributed by atoms with Crippen molar-refractivity contribution in [2.45, 2.75) is 0 Å². The number of aromatic nitrogens is 1. The van der Waals surface area contributed by atoms with Gasteiger partial charge in [-0.2, -0.15) is 4.98 Å². The van der Waals surface area contributed by atoms with Gasteiger partial charge in [0.1, 0.15) is 5.52 Å². The van der Waals surface area contributed by atoms with Crippen molar-refractivity contribution in [3.8, 4) is 11.8 Å². The molecule has 0 bridgehead atoms. The van der Waals surface area contributed by atoms with Gasteiger partial charge in [-0.05, 0) is 30.3 Å². The van der Waals surface area contributed by atoms with Crippen LogP contribution in [0.1, 0.15) is 0 Å². The lowest BCUT2D eigenvalue weighted by atomic mass is 10.3. The second-order valence-electron chi connectivity index (χ2n) is 3.62. The second kappa shape index (κ2) is 4.63. The first kappa shape index (κ1) is 11.6. The van der Waals surface area contributed by atoms with Crippen molar-refractivity contribution in [3.63, 3.8) is 0 Å². The summed E-state index contributed by atoms with van der Waals surface area (Å²) in [7, 11) is 0. The van der Waals surface area contributed by atoms with Gasteiger partial charge in [0.15, 0.2) is 11.3 Å². The van der Waals surface area contributed by atoms with Crippen LogP contribution in [0.25, 0.3) is 11.1 Å². The smallest absolute Gasteiger partial charge is 0.400 e. The van der Waals surface area contributed by atoms with Crippen molar-refractivity contribution in [1.29, 1.82) is 0 Å². The van der Waals surface area contributed by atoms with E-state index in [4.69, 9.17) is 20.8 Å². The molecule has 1 heterocycles. The molecule has 0 atom stereocenters. The molecule has 0 saturated carbocycles. The Kier molecular flexibility index (Phi) is 2.97. The number of benzene rings is 2. The zero-order valence-corrected chi connectivity index (χ0v) is 11.4. The number of nitrogens with zero attached hydrogens (tertiary/aromatic N) is 1. The van der Waals surface area contributed by atoms with Crippen LogP contribution >= 0.6 is 27.5 Å². The average Bonchev–Trinajstić information content (AvgIpc) is 2.76. The summed E-state index contributed by atoms with van der Waals surface area (Å²) < 4.78 is 11.9. The summed E-state index contributed by atoms with van der Waals surface area (Å²) in [5, 5.41) is 0.500. The molecule has 1 aromatic heterocycles. The SMILES string of the molecule is Clc1ccc(Br)cc1Oc1nc2ccccc2o1. The summed E-state index contributed by atoms with van der Waals surface area (Å²) in [5.74, 6) is 0.498. The number of oxazole rings is 1. The van der Waals surface area contributed by atoms with E-state index in [9.17, 15) is 0 Å². The summed E-state index contributed by atoms with van der Waals surface area (Å²) in [6.45, 7) is 0. The van der Waals surface area contributed by atoms with Crippen LogP contribution in [0.5, 0.6) is 11.8 Å². The maximum absolute atomic E-state index is 6.03. The summed E-state index contributed by atoms with van der Waals surface area (Å²) >= 11 is 9.38. The van der Waals surface area contributed by atoms with E-state index in [-0.39, 0.29) is 6.08 Å². The molecule has 5 heteroatoms. The van der Waals surface area contributed by atoms with Crippen LogP contribution in [-0.2, 0) is 0 Å². The molecule has 2 aromatic carbocycles. The van der Waals surface area contributed by atoms with Gasteiger partial charge in [0.05, 0.1) is 5.02 Å². The van der Waals surface area contributed by atoms with Gasteiger partial charge in [0.25, 0.3) is 0 Å². The fourth-order valence-corrected chi connectivity index (χ4v) is 2.04. The van der Waals surface area contributed by atoms with Gasteiger partial charge in [-0.3, -0.25) is 0 Å². The van der Waals surface area contributed by atoms with Crippen molar-refractivity contribution in [1.82, 2.24) is 4.98 Å². The third-order valence-corrected chi connectivity index (χ3v) is 3.17. The number of hydrogen-bond donors (Lipinski definition) is 0. The number of ether oxygens (including phenoxy) is 1. The minimum Gasteiger partial charge on any atom is -0.409 e. The molecule has 0 saturated heterocycles. The Morgan fingerprint density at radius 3 is 2.83 bits per heavy atom. The van der Waals surface area contributed by atoms with Gasteiger partial charge in [0, 0.05) is 4.47 Å². The molecule has 3 rings (SSSR count). The van der Waals surface area contributed by atoms with E-state index in [1.54, 1.807) is 12.1 Å². The molecule has 0 amide bonds. The Balaban J connectivity index is 1.98. The van der Waals surface area contributed by atoms with Crippen molar-refractivity contribution >= 4 is 38.6 Å². The zero-order valence-electron chi connectivity index (χ0n) is 9.06. The van der Waals surface area contributed by atoms with Crippen molar-refractivity contribution in [2.75, 3.05) is 0 Å². The lowest BCUT2D eigenvalue weighted by Gasteiger charge is -2.03. The standard InChI is InChI=1S/C13H7BrClNO2/c14-8-5-6-9(15)12(7-8)18-13-16-10-3-1-2-4-11(10)17-13/h1-7H. The van der Waals surface area contributed by atoms with E-state index in [1.165, 1.54) is 0 Å². The lowest BCUT2D eigenvalue weighted by molar-refractivity contribution is 0.343. The third-order valence-electron chi connectivity index (χ3n) is 2.36. The van der Waals surface area contributed by atoms with E-state index < -0.39 is 0 Å². The Morgan fingerprint density at radius 1 is 1.17 bits per heavy atom. The molecule has 0 unspecified atom stereocenters. The van der Waals surface area contributed by atoms with E-state index in [1.807, 2.05) is 30.3 Å². The van der Waals surface area contributed by atoms with Crippen molar-refractivity contribution < 1.29 is 9.15 Å². The maximum Gasteiger partial charge on any atom is 0.400 e. The Hall–Kier alpha value is -1.52. The lowest BCUT2D eigenvalue weighted by Crippen LogP contribution is -1.85. The van der Waals surface area contributed by atoms with E-state index in [0.717, 1.165) is 9.99 Å². The minimum atomic E-state index is 0.177. The highest BCUT2D eigenvalue weighted by Crippen LogP contribution is 2.32. The van der Waals surface area contributed by atoms with Crippen LogP contribution in [0, 0.1) is 0 Å². The van der Waals surface area contributed by atoms with E-state index in [2.05, 4.69) is 20.9 Å². The van der Waals surface area contributed by atoms with Crippen LogP contribution in [-0.4, -0.2) is 4.98 Å². The molecule has 0 N–H and O–H groups in total. The van der Waals surface area contributed by atoms with Gasteiger partial charge in [-0.15, -0.1) is 0 Å². The van der Waals surface area contributed by atoms with Crippen molar-refractivity contribution in [2.24, 2.45) is 0 Å². The van der Waals surface area contributed by atoms with Crippen LogP contribution < -0.4 is 4.74 Å². The number of fused-ring (bicyclic) bond motifs is 1. The minimum absolute atomic E-state index is 0.177. The number of rotatable bonds is 2. The molecule has 0 spiro atoms. The Bertz CT molecular complexity index is 678. The first-order chi connectivity index (χ1) is 8.72. The summed E-state index contributed by atoms with van der Waals surface area (Å²) in [4.78, 5) is 4.22. The molecule has 0 aliphatic heterocycles. The second-order valence-corrected chi connectivity index (χ2v) is 4.95. The molecular weight excluding hydrogens is 318 g/mol. The maximum atomic E-state index is 6.03. The quantitative estimate of drug-likeness (QED) is 0.662. The molecular formula is C13H7BrClNO2. The van der Waals surface area contributed by atoms with Crippen LogP contribution in [0.4, 0.5) is 0 Å². The average molecular weight is 325 g/mol. The highest BCUT2D eigenvalue weighted by atomic mass is 79.9. The summed E-state index contributed by atoms with van der Waals surface area (Å²) in [6, 6.07) is 12.8. The zero-order chi connectivity index (χ0) is 12.5. The highest BCUT2D eigenvalue weighted by molar-refractivity contribution is 9.10. The number of hydrogen-bond acceptors (Lipinski definition) is 3. The predicted molar refractivity (Wildman–Crippen MR) is 73.2 cm³/mol. The normalized spacial score (nSPS) is 10.8. The molecule has 0 aliphatic rings. The van der Waals surface area contributed by atoms with Gasteiger partial charge in [-0.25, -0.2) is 0 Å². The van der Waals surface area contributed by atoms with Gasteiger partial charge < -0.3 is 9.15 Å². The fraction of sp³-hybridized carbons (Fsp3) is 0. The first-order valence-corrected chi connectivity index (χ1v) is 6.38. The van der Waals surface area contributed by atoms with Gasteiger partial charge >= 0.3 is 6.08 Å². The van der Waals surface area contributed by atoms with E-state index in [0.29, 0.717) is 16.4 Å². The van der Waals surface area contributed by atoms with Crippen molar-refractivity contribution in [3.05, 3.63) is 52.0 Å². The van der Waals surface area contributed by atoms with Crippen LogP contribution in [0.2, 0.25) is 5.02 Å². The fourth-order valence-electron chi connectivity index (χ4n) is 1.54. The summed E-state index contributed by atoms with van der Waals surface area (Å²) in [5.41, 5.74) is 1.43.